The van der Waals surface area contributed by atoms with Crippen molar-refractivity contribution in [1.29, 1.82) is 0 Å². The summed E-state index contributed by atoms with van der Waals surface area (Å²) in [6, 6.07) is 15.1. The number of benzene rings is 3. The number of hydrogen-bond donors (Lipinski definition) is 0. The second kappa shape index (κ2) is 12.2. The van der Waals surface area contributed by atoms with Crippen LogP contribution in [0.5, 0.6) is 17.2 Å². The van der Waals surface area contributed by atoms with Gasteiger partial charge in [0.25, 0.3) is 0 Å². The number of halogens is 2. The summed E-state index contributed by atoms with van der Waals surface area (Å²) < 4.78 is 40.1. The van der Waals surface area contributed by atoms with Crippen molar-refractivity contribution in [2.75, 3.05) is 26.7 Å². The number of fused-ring (bicyclic) bond motifs is 1. The van der Waals surface area contributed by atoms with E-state index in [1.165, 1.54) is 24.3 Å². The first-order chi connectivity index (χ1) is 19.4. The Kier molecular flexibility index (Phi) is 8.32. The van der Waals surface area contributed by atoms with Gasteiger partial charge in [-0.05, 0) is 74.0 Å². The molecule has 0 saturated carbocycles. The van der Waals surface area contributed by atoms with Crippen molar-refractivity contribution in [2.24, 2.45) is 5.92 Å². The Morgan fingerprint density at radius 1 is 1.07 bits per heavy atom. The Balaban J connectivity index is 1.29. The van der Waals surface area contributed by atoms with E-state index in [1.807, 2.05) is 0 Å². The van der Waals surface area contributed by atoms with Crippen LogP contribution in [-0.2, 0) is 17.6 Å². The summed E-state index contributed by atoms with van der Waals surface area (Å²) in [6.45, 7) is 10.3. The summed E-state index contributed by atoms with van der Waals surface area (Å²) in [4.78, 5) is 22.8. The average molecular weight is 542 g/mol. The van der Waals surface area contributed by atoms with E-state index in [-0.39, 0.29) is 35.8 Å². The van der Waals surface area contributed by atoms with Crippen LogP contribution in [0.15, 0.2) is 66.9 Å². The van der Waals surface area contributed by atoms with Crippen molar-refractivity contribution < 1.29 is 23.0 Å². The first-order valence-corrected chi connectivity index (χ1v) is 13.2. The van der Waals surface area contributed by atoms with Crippen LogP contribution in [0, 0.1) is 24.1 Å². The molecule has 0 amide bonds. The van der Waals surface area contributed by atoms with Crippen LogP contribution < -0.4 is 9.47 Å². The van der Waals surface area contributed by atoms with Crippen LogP contribution in [0.1, 0.15) is 24.0 Å². The van der Waals surface area contributed by atoms with Crippen LogP contribution in [0.3, 0.4) is 0 Å². The smallest absolute Gasteiger partial charge is 0.229 e. The van der Waals surface area contributed by atoms with Gasteiger partial charge in [-0.15, -0.1) is 0 Å². The zero-order valence-corrected chi connectivity index (χ0v) is 22.2. The highest BCUT2D eigenvalue weighted by molar-refractivity contribution is 5.91. The predicted molar refractivity (Wildman–Crippen MR) is 149 cm³/mol. The van der Waals surface area contributed by atoms with E-state index < -0.39 is 5.82 Å². The molecule has 3 aromatic carbocycles. The van der Waals surface area contributed by atoms with Crippen molar-refractivity contribution in [3.05, 3.63) is 101 Å². The summed E-state index contributed by atoms with van der Waals surface area (Å²) in [5, 5.41) is 0.609. The van der Waals surface area contributed by atoms with Gasteiger partial charge in [0.2, 0.25) is 5.69 Å². The molecule has 1 unspecified atom stereocenters. The van der Waals surface area contributed by atoms with E-state index in [9.17, 15) is 13.6 Å². The van der Waals surface area contributed by atoms with Crippen LogP contribution in [0.4, 0.5) is 14.5 Å². The number of ketones is 1. The number of carbonyl (C=O) groups is 1. The van der Waals surface area contributed by atoms with Gasteiger partial charge in [0.1, 0.15) is 34.7 Å². The molecule has 4 aromatic rings. The third kappa shape index (κ3) is 6.61. The second-order valence-corrected chi connectivity index (χ2v) is 10.2. The summed E-state index contributed by atoms with van der Waals surface area (Å²) >= 11 is 0. The quantitative estimate of drug-likeness (QED) is 0.215. The molecule has 204 valence electrons. The van der Waals surface area contributed by atoms with E-state index in [0.29, 0.717) is 46.2 Å². The maximum absolute atomic E-state index is 14.9. The Morgan fingerprint density at radius 3 is 2.65 bits per heavy atom. The zero-order valence-electron chi connectivity index (χ0n) is 22.2. The van der Waals surface area contributed by atoms with E-state index >= 15 is 0 Å². The lowest BCUT2D eigenvalue weighted by Crippen LogP contribution is -2.34. The molecule has 1 saturated heterocycles. The first-order valence-electron chi connectivity index (χ1n) is 13.2. The van der Waals surface area contributed by atoms with E-state index in [4.69, 9.17) is 16.0 Å². The van der Waals surface area contributed by atoms with E-state index in [1.54, 1.807) is 42.6 Å². The Morgan fingerprint density at radius 2 is 1.90 bits per heavy atom. The van der Waals surface area contributed by atoms with Crippen molar-refractivity contribution in [1.82, 2.24) is 9.88 Å². The molecular weight excluding hydrogens is 512 g/mol. The lowest BCUT2D eigenvalue weighted by atomic mass is 9.99. The summed E-state index contributed by atoms with van der Waals surface area (Å²) in [7, 11) is 2.10. The largest absolute Gasteiger partial charge is 0.504 e. The molecule has 2 heterocycles. The Hall–Kier alpha value is -4.35. The number of nitrogens with zero attached hydrogens (tertiary/aromatic N) is 3. The average Bonchev–Trinajstić information content (AvgIpc) is 2.94. The fraction of sp³-hybridized carbons (Fsp3) is 0.281. The number of Topliss-reactive ketones (excluding diaryl/α,β-unsaturated/α-hetero) is 1. The molecule has 1 atom stereocenters. The number of likely N-dealkylation sites (tertiary alicyclic amines) is 1. The molecule has 0 spiro atoms. The highest BCUT2D eigenvalue weighted by Gasteiger charge is 2.19. The molecule has 5 rings (SSSR count). The van der Waals surface area contributed by atoms with Gasteiger partial charge in [0.15, 0.2) is 0 Å². The summed E-state index contributed by atoms with van der Waals surface area (Å²) in [5.74, 6) is 0.462. The lowest BCUT2D eigenvalue weighted by molar-refractivity contribution is -0.117. The van der Waals surface area contributed by atoms with Crippen LogP contribution >= 0.6 is 0 Å². The second-order valence-electron chi connectivity index (χ2n) is 10.2. The maximum Gasteiger partial charge on any atom is 0.229 e. The number of rotatable bonds is 9. The fourth-order valence-electron chi connectivity index (χ4n) is 5.01. The zero-order chi connectivity index (χ0) is 28.1. The highest BCUT2D eigenvalue weighted by Crippen LogP contribution is 2.38. The van der Waals surface area contributed by atoms with Gasteiger partial charge in [-0.3, -0.25) is 9.78 Å². The number of aromatic nitrogens is 1. The number of piperidine rings is 1. The van der Waals surface area contributed by atoms with E-state index in [0.717, 1.165) is 25.9 Å². The first kappa shape index (κ1) is 27.2. The van der Waals surface area contributed by atoms with Crippen molar-refractivity contribution in [2.45, 2.75) is 25.7 Å². The fourth-order valence-corrected chi connectivity index (χ4v) is 5.01. The normalized spacial score (nSPS) is 15.5. The molecule has 0 aliphatic carbocycles. The van der Waals surface area contributed by atoms with Gasteiger partial charge < -0.3 is 14.4 Å². The lowest BCUT2D eigenvalue weighted by Gasteiger charge is -2.29. The van der Waals surface area contributed by atoms with Gasteiger partial charge in [-0.2, -0.15) is 0 Å². The minimum Gasteiger partial charge on any atom is -0.504 e. The van der Waals surface area contributed by atoms with Crippen LogP contribution in [0.25, 0.3) is 15.7 Å². The monoisotopic (exact) mass is 541 g/mol. The molecule has 0 radical (unpaired) electrons. The molecule has 6 nitrogen and oxygen atoms in total. The SMILES string of the molecule is [C-]#[N+]c1cc2c(Oc3ccc(CC(=O)Cc4ccc(F)cc4)c(F)c3)ccnc2cc1OCC1CCCN(C)C1. The topological polar surface area (TPSA) is 56.0 Å². The maximum atomic E-state index is 14.9. The number of hydrogen-bond acceptors (Lipinski definition) is 5. The molecule has 1 aromatic heterocycles. The minimum absolute atomic E-state index is 0.0873. The molecular formula is C32H29F2N3O3. The molecule has 1 aliphatic rings. The van der Waals surface area contributed by atoms with Gasteiger partial charge in [0, 0.05) is 43.0 Å². The standard InChI is InChI=1S/C32H29F2N3O3/c1-35-30-17-27-29(18-32(30)39-20-22-4-3-13-37(2)19-22)36-12-11-31(27)40-26-10-7-23(28(34)16-26)15-25(38)14-21-5-8-24(33)9-6-21/h5-12,16-18,22H,3-4,13-15,19-20H2,2H3. The highest BCUT2D eigenvalue weighted by atomic mass is 19.1. The molecule has 0 bridgehead atoms. The van der Waals surface area contributed by atoms with E-state index in [2.05, 4.69) is 21.8 Å². The minimum atomic E-state index is -0.561. The third-order valence-electron chi connectivity index (χ3n) is 7.05. The Labute approximate surface area is 232 Å². The number of carbonyl (C=O) groups excluding carboxylic acids is 1. The van der Waals surface area contributed by atoms with Crippen molar-refractivity contribution in [3.8, 4) is 17.2 Å². The molecule has 1 fully saturated rings. The van der Waals surface area contributed by atoms with Gasteiger partial charge in [-0.1, -0.05) is 18.2 Å². The predicted octanol–water partition coefficient (Wildman–Crippen LogP) is 6.93. The summed E-state index contributed by atoms with van der Waals surface area (Å²) in [5.41, 5.74) is 1.88. The van der Waals surface area contributed by atoms with Gasteiger partial charge in [0.05, 0.1) is 18.7 Å². The van der Waals surface area contributed by atoms with Gasteiger partial charge in [-0.25, -0.2) is 13.6 Å². The third-order valence-corrected chi connectivity index (χ3v) is 7.05. The molecule has 0 N–H and O–H groups in total. The Bertz CT molecular complexity index is 1570. The molecule has 8 heteroatoms. The molecule has 1 aliphatic heterocycles. The van der Waals surface area contributed by atoms with Crippen LogP contribution in [0.2, 0.25) is 0 Å². The van der Waals surface area contributed by atoms with Crippen molar-refractivity contribution in [3.63, 3.8) is 0 Å². The van der Waals surface area contributed by atoms with Gasteiger partial charge >= 0.3 is 0 Å². The number of ether oxygens (including phenoxy) is 2. The molecule has 40 heavy (non-hydrogen) atoms. The summed E-state index contributed by atoms with van der Waals surface area (Å²) in [6.07, 6.45) is 3.82. The van der Waals surface area contributed by atoms with Crippen molar-refractivity contribution >= 4 is 22.4 Å². The number of pyridine rings is 1. The van der Waals surface area contributed by atoms with Crippen LogP contribution in [-0.4, -0.2) is 42.4 Å².